The average molecular weight is 418 g/mol. The Labute approximate surface area is 175 Å². The average Bonchev–Trinajstić information content (AvgIpc) is 3.00. The Kier molecular flexibility index (Phi) is 6.60. The number of amides is 1. The van der Waals surface area contributed by atoms with Gasteiger partial charge in [0.05, 0.1) is 16.5 Å². The van der Waals surface area contributed by atoms with Gasteiger partial charge in [0.15, 0.2) is 5.58 Å². The number of hydrogen-bond donors (Lipinski definition) is 0. The molecule has 164 valence electrons. The van der Waals surface area contributed by atoms with Gasteiger partial charge >= 0.3 is 5.76 Å². The number of rotatable bonds is 7. The molecule has 1 fully saturated rings. The molecule has 2 aromatic rings. The largest absolute Gasteiger partial charge is 0.419 e. The Bertz CT molecular complexity index is 964. The van der Waals surface area contributed by atoms with E-state index in [9.17, 15) is 19.7 Å². The van der Waals surface area contributed by atoms with E-state index in [1.807, 2.05) is 4.90 Å². The predicted octanol–water partition coefficient (Wildman–Crippen LogP) is 2.86. The second-order valence-corrected chi connectivity index (χ2v) is 9.07. The molecular weight excluding hydrogens is 388 g/mol. The number of aromatic nitrogens is 1. The van der Waals surface area contributed by atoms with Crippen molar-refractivity contribution >= 4 is 22.7 Å². The molecule has 0 aliphatic carbocycles. The minimum absolute atomic E-state index is 0.0990. The maximum Gasteiger partial charge on any atom is 0.419 e. The zero-order chi connectivity index (χ0) is 21.9. The van der Waals surface area contributed by atoms with Crippen LogP contribution in [-0.2, 0) is 11.3 Å². The molecule has 3 rings (SSSR count). The Hall–Kier alpha value is -2.68. The van der Waals surface area contributed by atoms with E-state index in [1.54, 1.807) is 0 Å². The molecule has 1 aliphatic heterocycles. The van der Waals surface area contributed by atoms with Gasteiger partial charge in [-0.1, -0.05) is 20.8 Å². The lowest BCUT2D eigenvalue weighted by atomic mass is 9.92. The van der Waals surface area contributed by atoms with Gasteiger partial charge in [0.2, 0.25) is 5.91 Å². The minimum Gasteiger partial charge on any atom is -0.407 e. The number of nitro benzene ring substituents is 1. The normalized spacial score (nSPS) is 15.6. The van der Waals surface area contributed by atoms with Crippen LogP contribution >= 0.6 is 0 Å². The van der Waals surface area contributed by atoms with Crippen LogP contribution in [0.2, 0.25) is 0 Å². The van der Waals surface area contributed by atoms with E-state index in [0.717, 1.165) is 39.1 Å². The predicted molar refractivity (Wildman–Crippen MR) is 113 cm³/mol. The lowest BCUT2D eigenvalue weighted by Crippen LogP contribution is -2.49. The van der Waals surface area contributed by atoms with Crippen LogP contribution in [0.15, 0.2) is 27.4 Å². The molecule has 0 radical (unpaired) electrons. The Balaban J connectivity index is 1.49. The van der Waals surface area contributed by atoms with Crippen molar-refractivity contribution in [2.45, 2.75) is 46.6 Å². The van der Waals surface area contributed by atoms with Gasteiger partial charge in [-0.05, 0) is 30.9 Å². The van der Waals surface area contributed by atoms with E-state index in [0.29, 0.717) is 30.3 Å². The summed E-state index contributed by atoms with van der Waals surface area (Å²) >= 11 is 0. The number of carbonyl (C=O) groups excluding carboxylic acids is 1. The van der Waals surface area contributed by atoms with Gasteiger partial charge in [-0.15, -0.1) is 0 Å². The van der Waals surface area contributed by atoms with E-state index in [-0.39, 0.29) is 17.2 Å². The van der Waals surface area contributed by atoms with Gasteiger partial charge in [-0.25, -0.2) is 4.79 Å². The van der Waals surface area contributed by atoms with Crippen molar-refractivity contribution in [2.75, 3.05) is 32.7 Å². The number of oxazole rings is 1. The van der Waals surface area contributed by atoms with Crippen molar-refractivity contribution in [1.29, 1.82) is 0 Å². The summed E-state index contributed by atoms with van der Waals surface area (Å²) in [5.74, 6) is -0.465. The number of non-ortho nitro benzene ring substituents is 1. The number of nitro groups is 1. The highest BCUT2D eigenvalue weighted by atomic mass is 16.6. The van der Waals surface area contributed by atoms with Crippen molar-refractivity contribution in [2.24, 2.45) is 5.41 Å². The molecule has 1 saturated heterocycles. The van der Waals surface area contributed by atoms with Crippen LogP contribution in [-0.4, -0.2) is 57.9 Å². The van der Waals surface area contributed by atoms with Crippen LogP contribution in [0.5, 0.6) is 0 Å². The fourth-order valence-corrected chi connectivity index (χ4v) is 3.64. The van der Waals surface area contributed by atoms with E-state index in [4.69, 9.17) is 4.42 Å². The molecule has 1 amide bonds. The van der Waals surface area contributed by atoms with E-state index in [1.165, 1.54) is 22.8 Å². The monoisotopic (exact) mass is 418 g/mol. The number of benzene rings is 1. The summed E-state index contributed by atoms with van der Waals surface area (Å²) in [7, 11) is 0. The van der Waals surface area contributed by atoms with Crippen molar-refractivity contribution in [3.8, 4) is 0 Å². The van der Waals surface area contributed by atoms with Crippen molar-refractivity contribution < 1.29 is 14.1 Å². The number of nitrogens with zero attached hydrogens (tertiary/aromatic N) is 4. The number of carbonyl (C=O) groups is 1. The Morgan fingerprint density at radius 1 is 1.17 bits per heavy atom. The molecule has 0 N–H and O–H groups in total. The van der Waals surface area contributed by atoms with Gasteiger partial charge in [0, 0.05) is 45.2 Å². The molecule has 1 aromatic heterocycles. The Morgan fingerprint density at radius 3 is 2.50 bits per heavy atom. The molecule has 9 nitrogen and oxygen atoms in total. The second-order valence-electron chi connectivity index (χ2n) is 9.07. The lowest BCUT2D eigenvalue weighted by Gasteiger charge is -2.36. The lowest BCUT2D eigenvalue weighted by molar-refractivity contribution is -0.384. The topological polar surface area (TPSA) is 102 Å². The molecule has 0 unspecified atom stereocenters. The number of piperazine rings is 1. The van der Waals surface area contributed by atoms with Crippen LogP contribution in [0.3, 0.4) is 0 Å². The summed E-state index contributed by atoms with van der Waals surface area (Å²) in [5, 5.41) is 10.9. The first kappa shape index (κ1) is 22.0. The summed E-state index contributed by atoms with van der Waals surface area (Å²) < 4.78 is 6.55. The van der Waals surface area contributed by atoms with Crippen LogP contribution < -0.4 is 5.76 Å². The summed E-state index contributed by atoms with van der Waals surface area (Å²) in [6.45, 7) is 11.4. The zero-order valence-electron chi connectivity index (χ0n) is 17.9. The van der Waals surface area contributed by atoms with Gasteiger partial charge in [-0.3, -0.25) is 24.4 Å². The highest BCUT2D eigenvalue weighted by Gasteiger charge is 2.22. The Morgan fingerprint density at radius 2 is 1.87 bits per heavy atom. The molecule has 2 heterocycles. The highest BCUT2D eigenvalue weighted by Crippen LogP contribution is 2.21. The van der Waals surface area contributed by atoms with E-state index in [2.05, 4.69) is 25.7 Å². The summed E-state index contributed by atoms with van der Waals surface area (Å²) in [5.41, 5.74) is 0.880. The first-order valence-electron chi connectivity index (χ1n) is 10.4. The fourth-order valence-electron chi connectivity index (χ4n) is 3.64. The quantitative estimate of drug-likeness (QED) is 0.506. The van der Waals surface area contributed by atoms with Gasteiger partial charge in [0.1, 0.15) is 0 Å². The van der Waals surface area contributed by atoms with Crippen LogP contribution in [0, 0.1) is 15.5 Å². The third-order valence-electron chi connectivity index (χ3n) is 5.54. The van der Waals surface area contributed by atoms with Crippen molar-refractivity contribution in [3.63, 3.8) is 0 Å². The van der Waals surface area contributed by atoms with Crippen LogP contribution in [0.1, 0.15) is 40.0 Å². The van der Waals surface area contributed by atoms with E-state index < -0.39 is 10.7 Å². The molecule has 9 heteroatoms. The maximum absolute atomic E-state index is 12.5. The standard InChI is InChI=1S/C21H30N4O5/c1-21(2,3)8-10-22-11-13-23(14-12-22)19(26)5-4-9-24-17-7-6-16(25(28)29)15-18(17)30-20(24)27/h6-7,15H,4-5,8-14H2,1-3H3. The first-order chi connectivity index (χ1) is 14.1. The SMILES string of the molecule is CC(C)(C)CCN1CCN(C(=O)CCCn2c(=O)oc3cc([N+](=O)[O-])ccc32)CC1. The first-order valence-corrected chi connectivity index (χ1v) is 10.4. The molecular formula is C21H30N4O5. The number of hydrogen-bond acceptors (Lipinski definition) is 6. The molecule has 1 aromatic carbocycles. The third-order valence-corrected chi connectivity index (χ3v) is 5.54. The zero-order valence-corrected chi connectivity index (χ0v) is 17.9. The van der Waals surface area contributed by atoms with Crippen molar-refractivity contribution in [3.05, 3.63) is 38.9 Å². The third kappa shape index (κ3) is 5.47. The van der Waals surface area contributed by atoms with Gasteiger partial charge in [-0.2, -0.15) is 0 Å². The second kappa shape index (κ2) is 8.99. The van der Waals surface area contributed by atoms with Crippen molar-refractivity contribution in [1.82, 2.24) is 14.4 Å². The molecule has 30 heavy (non-hydrogen) atoms. The van der Waals surface area contributed by atoms with Gasteiger partial charge in [0.25, 0.3) is 5.69 Å². The van der Waals surface area contributed by atoms with Gasteiger partial charge < -0.3 is 9.32 Å². The minimum atomic E-state index is -0.564. The summed E-state index contributed by atoms with van der Waals surface area (Å²) in [6.07, 6.45) is 2.00. The maximum atomic E-state index is 12.5. The molecule has 0 atom stereocenters. The highest BCUT2D eigenvalue weighted by molar-refractivity contribution is 5.77. The summed E-state index contributed by atoms with van der Waals surface area (Å²) in [6, 6.07) is 4.10. The molecule has 0 saturated carbocycles. The van der Waals surface area contributed by atoms with E-state index >= 15 is 0 Å². The molecule has 0 spiro atoms. The van der Waals surface area contributed by atoms with Crippen LogP contribution in [0.4, 0.5) is 5.69 Å². The molecule has 0 bridgehead atoms. The number of fused-ring (bicyclic) bond motifs is 1. The molecule has 1 aliphatic rings. The smallest absolute Gasteiger partial charge is 0.407 e. The number of aryl methyl sites for hydroxylation is 1. The van der Waals surface area contributed by atoms with Crippen LogP contribution in [0.25, 0.3) is 11.1 Å². The summed E-state index contributed by atoms with van der Waals surface area (Å²) in [4.78, 5) is 39.3. The fraction of sp³-hybridized carbons (Fsp3) is 0.619.